The van der Waals surface area contributed by atoms with E-state index in [0.29, 0.717) is 10.8 Å². The summed E-state index contributed by atoms with van der Waals surface area (Å²) < 4.78 is 2.02. The van der Waals surface area contributed by atoms with Gasteiger partial charge in [-0.25, -0.2) is 0 Å². The Morgan fingerprint density at radius 1 is 1.12 bits per heavy atom. The molecule has 0 bridgehead atoms. The zero-order chi connectivity index (χ0) is 17.0. The van der Waals surface area contributed by atoms with Gasteiger partial charge in [0.25, 0.3) is 0 Å². The molecule has 7 heteroatoms. The summed E-state index contributed by atoms with van der Waals surface area (Å²) >= 11 is 7.75. The molecule has 1 aliphatic heterocycles. The predicted octanol–water partition coefficient (Wildman–Crippen LogP) is 3.72. The van der Waals surface area contributed by atoms with E-state index >= 15 is 0 Å². The first kappa shape index (κ1) is 15.5. The zero-order valence-electron chi connectivity index (χ0n) is 13.5. The largest absolute Gasteiger partial charge is 0.303 e. The second kappa shape index (κ2) is 5.51. The summed E-state index contributed by atoms with van der Waals surface area (Å²) in [5.41, 5.74) is 10.5. The van der Waals surface area contributed by atoms with Crippen LogP contribution in [-0.4, -0.2) is 20.5 Å². The molecule has 0 aliphatic carbocycles. The van der Waals surface area contributed by atoms with Gasteiger partial charge in [-0.05, 0) is 38.5 Å². The molecule has 24 heavy (non-hydrogen) atoms. The summed E-state index contributed by atoms with van der Waals surface area (Å²) in [7, 11) is 0. The van der Waals surface area contributed by atoms with Crippen molar-refractivity contribution in [3.8, 4) is 5.00 Å². The highest BCUT2D eigenvalue weighted by Crippen LogP contribution is 2.37. The maximum Gasteiger partial charge on any atom is 0.177 e. The third-order valence-electron chi connectivity index (χ3n) is 4.31. The second-order valence-corrected chi connectivity index (χ2v) is 7.47. The summed E-state index contributed by atoms with van der Waals surface area (Å²) in [5.74, 6) is 1.48. The number of hydrogen-bond donors (Lipinski definition) is 1. The van der Waals surface area contributed by atoms with Gasteiger partial charge in [0.05, 0.1) is 5.71 Å². The summed E-state index contributed by atoms with van der Waals surface area (Å²) in [5, 5.41) is 10.2. The summed E-state index contributed by atoms with van der Waals surface area (Å²) in [6, 6.07) is 7.69. The van der Waals surface area contributed by atoms with Gasteiger partial charge in [0.1, 0.15) is 10.8 Å². The molecule has 0 fully saturated rings. The smallest absolute Gasteiger partial charge is 0.177 e. The molecule has 1 aromatic carbocycles. The molecule has 3 heterocycles. The van der Waals surface area contributed by atoms with E-state index in [1.54, 1.807) is 11.3 Å². The number of hydrogen-bond acceptors (Lipinski definition) is 5. The van der Waals surface area contributed by atoms with Crippen molar-refractivity contribution < 1.29 is 0 Å². The quantitative estimate of drug-likeness (QED) is 0.721. The highest BCUT2D eigenvalue weighted by molar-refractivity contribution is 7.15. The fourth-order valence-corrected chi connectivity index (χ4v) is 4.29. The van der Waals surface area contributed by atoms with Crippen molar-refractivity contribution in [2.45, 2.75) is 26.9 Å². The van der Waals surface area contributed by atoms with E-state index in [0.717, 1.165) is 27.7 Å². The number of fused-ring (bicyclic) bond motifs is 3. The number of aromatic nitrogens is 3. The van der Waals surface area contributed by atoms with Crippen molar-refractivity contribution in [2.75, 3.05) is 0 Å². The molecule has 4 rings (SSSR count). The molecule has 122 valence electrons. The lowest BCUT2D eigenvalue weighted by Crippen LogP contribution is -2.14. The minimum Gasteiger partial charge on any atom is -0.303 e. The molecule has 3 aromatic rings. The van der Waals surface area contributed by atoms with E-state index in [4.69, 9.17) is 22.3 Å². The molecule has 0 radical (unpaired) electrons. The van der Waals surface area contributed by atoms with Crippen LogP contribution in [0.25, 0.3) is 5.00 Å². The molecule has 0 spiro atoms. The van der Waals surface area contributed by atoms with Gasteiger partial charge in [0.2, 0.25) is 0 Å². The summed E-state index contributed by atoms with van der Waals surface area (Å²) in [6.07, 6.45) is -0.559. The predicted molar refractivity (Wildman–Crippen MR) is 97.5 cm³/mol. The van der Waals surface area contributed by atoms with Gasteiger partial charge in [-0.2, -0.15) is 0 Å². The Bertz CT molecular complexity index is 968. The number of aryl methyl sites for hydroxylation is 2. The lowest BCUT2D eigenvalue weighted by atomic mass is 10.00. The molecule has 1 aliphatic rings. The van der Waals surface area contributed by atoms with Gasteiger partial charge in [-0.1, -0.05) is 23.7 Å². The highest BCUT2D eigenvalue weighted by atomic mass is 35.5. The van der Waals surface area contributed by atoms with Crippen LogP contribution in [0.2, 0.25) is 5.02 Å². The Hall–Kier alpha value is -2.02. The Balaban J connectivity index is 2.04. The van der Waals surface area contributed by atoms with Crippen LogP contribution in [-0.2, 0) is 0 Å². The first-order valence-electron chi connectivity index (χ1n) is 7.59. The molecule has 1 unspecified atom stereocenters. The number of halogens is 1. The standard InChI is InChI=1S/C17H16ClN5S/c1-8-9(2)24-17-13(8)14(11-4-6-12(18)7-5-11)20-15(19)16-22-21-10(3)23(16)17/h4-7,15H,19H2,1-3H3. The van der Waals surface area contributed by atoms with Gasteiger partial charge in [-0.15, -0.1) is 21.5 Å². The van der Waals surface area contributed by atoms with Crippen molar-refractivity contribution >= 4 is 28.6 Å². The van der Waals surface area contributed by atoms with E-state index in [-0.39, 0.29) is 0 Å². The van der Waals surface area contributed by atoms with E-state index in [2.05, 4.69) is 24.0 Å². The molecular formula is C17H16ClN5S. The highest BCUT2D eigenvalue weighted by Gasteiger charge is 2.29. The van der Waals surface area contributed by atoms with Crippen LogP contribution in [0.15, 0.2) is 29.3 Å². The van der Waals surface area contributed by atoms with Crippen LogP contribution in [0.4, 0.5) is 0 Å². The zero-order valence-corrected chi connectivity index (χ0v) is 15.1. The van der Waals surface area contributed by atoms with Crippen LogP contribution < -0.4 is 5.73 Å². The van der Waals surface area contributed by atoms with E-state index in [1.165, 1.54) is 10.4 Å². The van der Waals surface area contributed by atoms with E-state index in [9.17, 15) is 0 Å². The van der Waals surface area contributed by atoms with Gasteiger partial charge in [-0.3, -0.25) is 9.56 Å². The van der Waals surface area contributed by atoms with Gasteiger partial charge in [0, 0.05) is 21.0 Å². The SMILES string of the molecule is Cc1sc2c(c1C)C(c1ccc(Cl)cc1)=NC(N)c1nnc(C)n1-2. The third-order valence-corrected chi connectivity index (χ3v) is 5.75. The monoisotopic (exact) mass is 357 g/mol. The summed E-state index contributed by atoms with van der Waals surface area (Å²) in [4.78, 5) is 6.03. The average molecular weight is 358 g/mol. The Labute approximate surface area is 148 Å². The molecule has 1 atom stereocenters. The summed E-state index contributed by atoms with van der Waals surface area (Å²) in [6.45, 7) is 6.17. The normalized spacial score (nSPS) is 16.4. The lowest BCUT2D eigenvalue weighted by molar-refractivity contribution is 0.693. The molecule has 0 amide bonds. The van der Waals surface area contributed by atoms with Crippen LogP contribution in [0.1, 0.15) is 39.4 Å². The topological polar surface area (TPSA) is 69.1 Å². The van der Waals surface area contributed by atoms with E-state index < -0.39 is 6.17 Å². The number of rotatable bonds is 1. The number of aliphatic imine (C=N–C) groups is 1. The van der Waals surface area contributed by atoms with Crippen LogP contribution in [0.5, 0.6) is 0 Å². The fourth-order valence-electron chi connectivity index (χ4n) is 2.95. The van der Waals surface area contributed by atoms with E-state index in [1.807, 2.05) is 35.8 Å². The first-order chi connectivity index (χ1) is 11.5. The molecule has 2 N–H and O–H groups in total. The van der Waals surface area contributed by atoms with Gasteiger partial charge >= 0.3 is 0 Å². The molecule has 0 saturated heterocycles. The minimum atomic E-state index is -0.559. The van der Waals surface area contributed by atoms with Crippen LogP contribution in [0, 0.1) is 20.8 Å². The Kier molecular flexibility index (Phi) is 3.56. The van der Waals surface area contributed by atoms with Crippen LogP contribution in [0.3, 0.4) is 0 Å². The number of benzene rings is 1. The van der Waals surface area contributed by atoms with Crippen molar-refractivity contribution in [3.63, 3.8) is 0 Å². The van der Waals surface area contributed by atoms with Crippen molar-refractivity contribution in [3.05, 3.63) is 62.5 Å². The Morgan fingerprint density at radius 2 is 1.83 bits per heavy atom. The maximum absolute atomic E-state index is 6.31. The minimum absolute atomic E-state index is 0.559. The van der Waals surface area contributed by atoms with Crippen molar-refractivity contribution in [2.24, 2.45) is 10.7 Å². The molecular weight excluding hydrogens is 342 g/mol. The van der Waals surface area contributed by atoms with Crippen LogP contribution >= 0.6 is 22.9 Å². The maximum atomic E-state index is 6.31. The molecule has 2 aromatic heterocycles. The molecule has 0 saturated carbocycles. The van der Waals surface area contributed by atoms with Crippen molar-refractivity contribution in [1.29, 1.82) is 0 Å². The number of nitrogens with two attached hydrogens (primary N) is 1. The number of nitrogens with zero attached hydrogens (tertiary/aromatic N) is 4. The first-order valence-corrected chi connectivity index (χ1v) is 8.78. The fraction of sp³-hybridized carbons (Fsp3) is 0.235. The average Bonchev–Trinajstić information content (AvgIpc) is 3.03. The second-order valence-electron chi connectivity index (χ2n) is 5.83. The van der Waals surface area contributed by atoms with Gasteiger partial charge < -0.3 is 5.73 Å². The van der Waals surface area contributed by atoms with Gasteiger partial charge in [0.15, 0.2) is 12.0 Å². The number of thiophene rings is 1. The lowest BCUT2D eigenvalue weighted by Gasteiger charge is -2.09. The molecule has 5 nitrogen and oxygen atoms in total. The van der Waals surface area contributed by atoms with Crippen molar-refractivity contribution in [1.82, 2.24) is 14.8 Å². The third kappa shape index (κ3) is 2.22. The Morgan fingerprint density at radius 3 is 2.54 bits per heavy atom.